The molecule has 0 bridgehead atoms. The predicted molar refractivity (Wildman–Crippen MR) is 145 cm³/mol. The van der Waals surface area contributed by atoms with Gasteiger partial charge >= 0.3 is 14.0 Å². The van der Waals surface area contributed by atoms with Gasteiger partial charge in [0.2, 0.25) is 11.8 Å². The number of aromatic nitrogens is 4. The van der Waals surface area contributed by atoms with Gasteiger partial charge in [-0.15, -0.1) is 0 Å². The highest BCUT2D eigenvalue weighted by atomic mass is 35.5. The van der Waals surface area contributed by atoms with Gasteiger partial charge in [0.25, 0.3) is 0 Å². The Labute approximate surface area is 245 Å². The first-order chi connectivity index (χ1) is 20.2. The number of nitrogen functional groups attached to an aromatic ring is 1. The Morgan fingerprint density at radius 3 is 2.95 bits per heavy atom. The number of halogens is 1. The third kappa shape index (κ3) is 5.53. The van der Waals surface area contributed by atoms with Crippen molar-refractivity contribution in [2.24, 2.45) is 0 Å². The number of nitrogens with two attached hydrogens (primary N) is 1. The van der Waals surface area contributed by atoms with Crippen LogP contribution in [-0.4, -0.2) is 76.5 Å². The summed E-state index contributed by atoms with van der Waals surface area (Å²) in [7, 11) is -4.01. The molecule has 6 rings (SSSR count). The number of nitrogens with zero attached hydrogens (tertiary/aromatic N) is 4. The summed E-state index contributed by atoms with van der Waals surface area (Å²) >= 11 is 6.11. The summed E-state index contributed by atoms with van der Waals surface area (Å²) in [6.45, 7) is 4.47. The van der Waals surface area contributed by atoms with E-state index in [1.54, 1.807) is 29.7 Å². The minimum Gasteiger partial charge on any atom is -0.474 e. The molecule has 3 aliphatic rings. The van der Waals surface area contributed by atoms with E-state index in [0.29, 0.717) is 30.2 Å². The molecule has 3 aliphatic heterocycles. The molecule has 0 radical (unpaired) electrons. The second-order valence-corrected chi connectivity index (χ2v) is 11.9. The maximum Gasteiger partial charge on any atom is 0.509 e. The number of phosphoric ester groups is 1. The number of carbonyl (C=O) groups is 1. The summed E-state index contributed by atoms with van der Waals surface area (Å²) in [5.74, 6) is 0.100. The molecule has 15 nitrogen and oxygen atoms in total. The number of hydrogen-bond donors (Lipinski definition) is 1. The monoisotopic (exact) mass is 625 g/mol. The summed E-state index contributed by atoms with van der Waals surface area (Å²) in [6, 6.07) is 7.06. The lowest BCUT2D eigenvalue weighted by atomic mass is 9.96. The summed E-state index contributed by atoms with van der Waals surface area (Å²) < 4.78 is 60.2. The average Bonchev–Trinajstić information content (AvgIpc) is 3.58. The molecule has 3 fully saturated rings. The van der Waals surface area contributed by atoms with E-state index in [1.165, 1.54) is 6.33 Å². The third-order valence-corrected chi connectivity index (χ3v) is 8.77. The van der Waals surface area contributed by atoms with Crippen molar-refractivity contribution in [1.82, 2.24) is 19.5 Å². The Morgan fingerprint density at radius 1 is 1.29 bits per heavy atom. The minimum atomic E-state index is -4.01. The van der Waals surface area contributed by atoms with Crippen molar-refractivity contribution in [2.75, 3.05) is 38.8 Å². The number of hydrogen-bond acceptors (Lipinski definition) is 14. The molecule has 42 heavy (non-hydrogen) atoms. The van der Waals surface area contributed by atoms with Crippen molar-refractivity contribution in [3.05, 3.63) is 41.2 Å². The second-order valence-electron chi connectivity index (χ2n) is 9.87. The Morgan fingerprint density at radius 2 is 2.14 bits per heavy atom. The van der Waals surface area contributed by atoms with Gasteiger partial charge in [0.1, 0.15) is 12.7 Å². The van der Waals surface area contributed by atoms with E-state index in [1.807, 2.05) is 13.0 Å². The highest BCUT2D eigenvalue weighted by molar-refractivity contribution is 7.48. The van der Waals surface area contributed by atoms with Crippen LogP contribution in [0, 0.1) is 0 Å². The van der Waals surface area contributed by atoms with E-state index in [0.717, 1.165) is 5.56 Å². The van der Waals surface area contributed by atoms with Crippen LogP contribution in [0.15, 0.2) is 30.6 Å². The van der Waals surface area contributed by atoms with E-state index in [2.05, 4.69) is 15.0 Å². The molecule has 2 aromatic heterocycles. The van der Waals surface area contributed by atoms with E-state index in [-0.39, 0.29) is 37.3 Å². The lowest BCUT2D eigenvalue weighted by molar-refractivity contribution is -0.0925. The van der Waals surface area contributed by atoms with Crippen molar-refractivity contribution < 1.29 is 46.6 Å². The third-order valence-electron chi connectivity index (χ3n) is 7.06. The first-order valence-electron chi connectivity index (χ1n) is 13.3. The molecule has 0 aliphatic carbocycles. The zero-order valence-corrected chi connectivity index (χ0v) is 24.4. The zero-order valence-electron chi connectivity index (χ0n) is 22.7. The first-order valence-corrected chi connectivity index (χ1v) is 15.1. The molecule has 3 saturated heterocycles. The van der Waals surface area contributed by atoms with E-state index in [4.69, 9.17) is 54.6 Å². The fraction of sp³-hybridized carbons (Fsp3) is 0.520. The summed E-state index contributed by atoms with van der Waals surface area (Å²) in [4.78, 5) is 25.2. The number of carbonyl (C=O) groups excluding carboxylic acids is 1. The predicted octanol–water partition coefficient (Wildman–Crippen LogP) is 3.97. The molecule has 17 heteroatoms. The molecule has 0 saturated carbocycles. The molecule has 0 amide bonds. The highest BCUT2D eigenvalue weighted by Gasteiger charge is 2.64. The highest BCUT2D eigenvalue weighted by Crippen LogP contribution is 2.58. The normalized spacial score (nSPS) is 30.7. The molecule has 3 aromatic rings. The molecule has 6 unspecified atom stereocenters. The van der Waals surface area contributed by atoms with Gasteiger partial charge in [0.05, 0.1) is 32.3 Å². The molecular weight excluding hydrogens is 597 g/mol. The maximum absolute atomic E-state index is 13.4. The number of benzene rings is 1. The van der Waals surface area contributed by atoms with Gasteiger partial charge in [-0.05, 0) is 31.5 Å². The van der Waals surface area contributed by atoms with Gasteiger partial charge in [-0.2, -0.15) is 9.97 Å². The van der Waals surface area contributed by atoms with Gasteiger partial charge in [0.15, 0.2) is 29.1 Å². The van der Waals surface area contributed by atoms with Gasteiger partial charge < -0.3 is 29.4 Å². The van der Waals surface area contributed by atoms with E-state index >= 15 is 0 Å². The van der Waals surface area contributed by atoms with Gasteiger partial charge in [-0.1, -0.05) is 23.7 Å². The number of ether oxygens (including phenoxy) is 5. The molecule has 226 valence electrons. The summed E-state index contributed by atoms with van der Waals surface area (Å²) in [5.41, 5.74) is 5.97. The van der Waals surface area contributed by atoms with E-state index in [9.17, 15) is 9.36 Å². The summed E-state index contributed by atoms with van der Waals surface area (Å²) in [6.07, 6.45) is -2.38. The SMILES string of the molecule is CCOCCOc1nc(N)nc2c1ncn2C1OC(COP2(=O)OCCC(c3cccc(Cl)c3)O2)C2OC(=O)OC21C. The van der Waals surface area contributed by atoms with Crippen LogP contribution < -0.4 is 10.5 Å². The van der Waals surface area contributed by atoms with Crippen LogP contribution in [0.4, 0.5) is 10.7 Å². The Bertz CT molecular complexity index is 1530. The largest absolute Gasteiger partial charge is 0.509 e. The molecule has 2 N–H and O–H groups in total. The Balaban J connectivity index is 1.22. The number of fused-ring (bicyclic) bond motifs is 2. The van der Waals surface area contributed by atoms with Gasteiger partial charge in [-0.3, -0.25) is 18.1 Å². The van der Waals surface area contributed by atoms with Crippen molar-refractivity contribution >= 4 is 42.7 Å². The van der Waals surface area contributed by atoms with E-state index < -0.39 is 44.1 Å². The Hall–Kier alpha value is -3.04. The maximum atomic E-state index is 13.4. The smallest absolute Gasteiger partial charge is 0.474 e. The molecule has 5 heterocycles. The topological polar surface area (TPSA) is 178 Å². The lowest BCUT2D eigenvalue weighted by Crippen LogP contribution is -2.42. The number of imidazole rings is 1. The van der Waals surface area contributed by atoms with Crippen LogP contribution >= 0.6 is 19.4 Å². The van der Waals surface area contributed by atoms with Gasteiger partial charge in [-0.25, -0.2) is 14.3 Å². The van der Waals surface area contributed by atoms with Crippen LogP contribution in [0.1, 0.15) is 38.2 Å². The average molecular weight is 626 g/mol. The summed E-state index contributed by atoms with van der Waals surface area (Å²) in [5, 5.41) is 0.523. The molecule has 1 aromatic carbocycles. The van der Waals surface area contributed by atoms with Crippen LogP contribution in [0.3, 0.4) is 0 Å². The molecular formula is C25H29ClN5O10P. The molecule has 0 spiro atoms. The number of phosphoric acid groups is 1. The van der Waals surface area contributed by atoms with Crippen molar-refractivity contribution in [3.8, 4) is 5.88 Å². The quantitative estimate of drug-likeness (QED) is 0.194. The van der Waals surface area contributed by atoms with Crippen molar-refractivity contribution in [1.29, 1.82) is 0 Å². The lowest BCUT2D eigenvalue weighted by Gasteiger charge is -2.30. The zero-order chi connectivity index (χ0) is 29.5. The van der Waals surface area contributed by atoms with Crippen LogP contribution in [0.2, 0.25) is 5.02 Å². The second kappa shape index (κ2) is 11.6. The fourth-order valence-electron chi connectivity index (χ4n) is 5.16. The van der Waals surface area contributed by atoms with Crippen molar-refractivity contribution in [3.63, 3.8) is 0 Å². The van der Waals surface area contributed by atoms with Crippen LogP contribution in [0.25, 0.3) is 11.2 Å². The standard InChI is InChI=1S/C25H29ClN5O10P/c1-3-34-9-10-35-21-18-20(29-23(27)30-21)31(13-28-18)22-25(2)19(39-24(32)40-25)17(38-22)12-37-42(33)36-8-7-16(41-42)14-5-4-6-15(26)11-14/h4-6,11,13,16-17,19,22H,3,7-10,12H2,1-2H3,(H2,27,29,30). The minimum absolute atomic E-state index is 0.0612. The van der Waals surface area contributed by atoms with Crippen LogP contribution in [-0.2, 0) is 37.1 Å². The fourth-order valence-corrected chi connectivity index (χ4v) is 6.75. The Kier molecular flexibility index (Phi) is 8.00. The molecule has 6 atom stereocenters. The number of rotatable bonds is 10. The van der Waals surface area contributed by atoms with Gasteiger partial charge in [0, 0.05) is 18.1 Å². The number of anilines is 1. The van der Waals surface area contributed by atoms with Crippen LogP contribution in [0.5, 0.6) is 5.88 Å². The van der Waals surface area contributed by atoms with Crippen molar-refractivity contribution in [2.45, 2.75) is 50.4 Å². The first kappa shape index (κ1) is 29.1.